The number of H-pyrrole nitrogens is 1. The number of hydrogen-bond donors (Lipinski definition) is 1. The molecule has 0 unspecified atom stereocenters. The van der Waals surface area contributed by atoms with Gasteiger partial charge in [0.2, 0.25) is 11.2 Å². The van der Waals surface area contributed by atoms with Crippen LogP contribution in [0.15, 0.2) is 41.2 Å². The Morgan fingerprint density at radius 2 is 2.00 bits per heavy atom. The van der Waals surface area contributed by atoms with Crippen LogP contribution in [0.4, 0.5) is 5.69 Å². The molecule has 0 aromatic heterocycles. The fourth-order valence-corrected chi connectivity index (χ4v) is 2.88. The van der Waals surface area contributed by atoms with Crippen LogP contribution in [0.5, 0.6) is 0 Å². The number of hydrogen-bond acceptors (Lipinski definition) is 3. The number of fused-ring (bicyclic) bond motifs is 2. The van der Waals surface area contributed by atoms with Gasteiger partial charge in [0.1, 0.15) is 9.58 Å². The van der Waals surface area contributed by atoms with Crippen molar-refractivity contribution in [2.75, 3.05) is 12.4 Å². The molecule has 0 saturated carbocycles. The van der Waals surface area contributed by atoms with Crippen LogP contribution in [0.25, 0.3) is 20.8 Å². The largest absolute Gasteiger partial charge is 1.00 e. The summed E-state index contributed by atoms with van der Waals surface area (Å²) in [7, 11) is 1.90. The van der Waals surface area contributed by atoms with Crippen LogP contribution in [0.3, 0.4) is 0 Å². The number of nitrogens with one attached hydrogen (secondary N) is 2. The van der Waals surface area contributed by atoms with Gasteiger partial charge >= 0.3 is 0 Å². The van der Waals surface area contributed by atoms with E-state index in [1.54, 1.807) is 23.5 Å². The van der Waals surface area contributed by atoms with Crippen LogP contribution in [0, 0.1) is 0 Å². The predicted molar refractivity (Wildman–Crippen MR) is 70.8 cm³/mol. The average Bonchev–Trinajstić information content (AvgIpc) is 2.35. The highest BCUT2D eigenvalue weighted by Crippen LogP contribution is 2.28. The Labute approximate surface area is 119 Å². The number of aromatic amines is 1. The van der Waals surface area contributed by atoms with Gasteiger partial charge < -0.3 is 22.3 Å². The maximum absolute atomic E-state index is 11.3. The number of halogens is 1. The van der Waals surface area contributed by atoms with E-state index in [4.69, 9.17) is 0 Å². The highest BCUT2D eigenvalue weighted by Gasteiger charge is 2.13. The van der Waals surface area contributed by atoms with Crippen molar-refractivity contribution in [1.29, 1.82) is 0 Å². The molecule has 0 fully saturated rings. The number of aromatic nitrogens is 1. The van der Waals surface area contributed by atoms with Crippen LogP contribution in [0.2, 0.25) is 0 Å². The Morgan fingerprint density at radius 1 is 1.17 bits per heavy atom. The van der Waals surface area contributed by atoms with E-state index in [1.807, 2.05) is 25.2 Å². The summed E-state index contributed by atoms with van der Waals surface area (Å²) in [6.07, 6.45) is 0. The topological polar surface area (TPSA) is 43.2 Å². The van der Waals surface area contributed by atoms with Crippen molar-refractivity contribution in [3.05, 3.63) is 46.6 Å². The maximum Gasteiger partial charge on any atom is 0.221 e. The van der Waals surface area contributed by atoms with Gasteiger partial charge in [0, 0.05) is 30.9 Å². The molecule has 1 aromatic carbocycles. The van der Waals surface area contributed by atoms with E-state index < -0.39 is 0 Å². The first-order valence-electron chi connectivity index (χ1n) is 5.34. The van der Waals surface area contributed by atoms with Gasteiger partial charge in [0.15, 0.2) is 5.43 Å². The molecular weight excluding hydrogens is 312 g/mol. The lowest BCUT2D eigenvalue weighted by molar-refractivity contribution is -0.330. The molecule has 0 atom stereocenters. The first-order chi connectivity index (χ1) is 8.26. The van der Waals surface area contributed by atoms with E-state index in [9.17, 15) is 4.79 Å². The Kier molecular flexibility index (Phi) is 3.63. The van der Waals surface area contributed by atoms with Gasteiger partial charge in [-0.2, -0.15) is 0 Å². The molecule has 2 aliphatic rings. The summed E-state index contributed by atoms with van der Waals surface area (Å²) in [5, 5.41) is 3.11. The molecule has 1 aliphatic heterocycles. The zero-order chi connectivity index (χ0) is 11.8. The third kappa shape index (κ3) is 2.23. The van der Waals surface area contributed by atoms with Gasteiger partial charge in [-0.1, -0.05) is 0 Å². The lowest BCUT2D eigenvalue weighted by atomic mass is 10.2. The monoisotopic (exact) mass is 322 g/mol. The number of anilines is 1. The Morgan fingerprint density at radius 3 is 2.78 bits per heavy atom. The Balaban J connectivity index is 0.00000120. The third-order valence-corrected chi connectivity index (χ3v) is 3.83. The van der Waals surface area contributed by atoms with Crippen molar-refractivity contribution < 1.29 is 22.0 Å². The maximum atomic E-state index is 11.3. The molecule has 0 amide bonds. The lowest BCUT2D eigenvalue weighted by Gasteiger charge is -2.02. The van der Waals surface area contributed by atoms with E-state index >= 15 is 0 Å². The van der Waals surface area contributed by atoms with E-state index in [0.29, 0.717) is 0 Å². The molecule has 2 N–H and O–H groups in total. The fourth-order valence-electron chi connectivity index (χ4n) is 1.82. The second kappa shape index (κ2) is 5.04. The van der Waals surface area contributed by atoms with Gasteiger partial charge in [-0.3, -0.25) is 4.79 Å². The van der Waals surface area contributed by atoms with Crippen LogP contribution in [-0.4, -0.2) is 7.05 Å². The number of benzene rings is 2. The quantitative estimate of drug-likeness (QED) is 0.598. The Bertz CT molecular complexity index is 726. The lowest BCUT2D eigenvalue weighted by Crippen LogP contribution is -3.00. The van der Waals surface area contributed by atoms with Crippen LogP contribution in [-0.2, 0) is 0 Å². The molecular formula is C13H11BrN2OS. The molecule has 1 aliphatic carbocycles. The summed E-state index contributed by atoms with van der Waals surface area (Å²) < 4.78 is 1.13. The molecule has 18 heavy (non-hydrogen) atoms. The normalized spacial score (nSPS) is 10.3. The van der Waals surface area contributed by atoms with E-state index in [-0.39, 0.29) is 22.4 Å². The first kappa shape index (κ1) is 13.0. The summed E-state index contributed by atoms with van der Waals surface area (Å²) in [5.41, 5.74) is 3.20. The smallest absolute Gasteiger partial charge is 0.221 e. The minimum Gasteiger partial charge on any atom is -1.00 e. The second-order valence-electron chi connectivity index (χ2n) is 3.85. The van der Waals surface area contributed by atoms with E-state index in [0.717, 1.165) is 26.5 Å². The van der Waals surface area contributed by atoms with Crippen molar-refractivity contribution in [3.63, 3.8) is 0 Å². The van der Waals surface area contributed by atoms with Crippen molar-refractivity contribution in [2.45, 2.75) is 0 Å². The van der Waals surface area contributed by atoms with Gasteiger partial charge in [0.05, 0.1) is 0 Å². The van der Waals surface area contributed by atoms with Crippen molar-refractivity contribution >= 4 is 27.2 Å². The second-order valence-corrected chi connectivity index (χ2v) is 4.93. The zero-order valence-electron chi connectivity index (χ0n) is 9.66. The van der Waals surface area contributed by atoms with Crippen molar-refractivity contribution in [2.24, 2.45) is 0 Å². The molecule has 1 heterocycles. The summed E-state index contributed by atoms with van der Waals surface area (Å²) in [6, 6.07) is 11.2. The summed E-state index contributed by atoms with van der Waals surface area (Å²) in [4.78, 5) is 15.6. The fraction of sp³-hybridized carbons (Fsp3) is 0.0769. The summed E-state index contributed by atoms with van der Waals surface area (Å²) in [5.74, 6) is 0. The van der Waals surface area contributed by atoms with E-state index in [2.05, 4.69) is 16.4 Å². The highest BCUT2D eigenvalue weighted by molar-refractivity contribution is 7.21. The molecule has 0 radical (unpaired) electrons. The molecule has 3 nitrogen and oxygen atoms in total. The first-order valence-corrected chi connectivity index (χ1v) is 6.15. The zero-order valence-corrected chi connectivity index (χ0v) is 12.1. The van der Waals surface area contributed by atoms with Crippen LogP contribution >= 0.6 is 11.3 Å². The molecule has 0 saturated heterocycles. The molecule has 3 rings (SSSR count). The SMILES string of the molecule is CNc1ccc2[nH+]c3ccc(=O)cc-3sc2c1.[Br-]. The standard InChI is InChI=1S/C13H10N2OS.BrH/c1-14-8-2-4-10-12(6-8)17-13-7-9(16)3-5-11(13)15-10;/h2-7,14H,1H3;1H. The minimum atomic E-state index is 0. The van der Waals surface area contributed by atoms with Crippen molar-refractivity contribution in [1.82, 2.24) is 0 Å². The Hall–Kier alpha value is -1.46. The molecule has 0 bridgehead atoms. The molecule has 92 valence electrons. The minimum absolute atomic E-state index is 0. The molecule has 0 spiro atoms. The third-order valence-electron chi connectivity index (χ3n) is 2.71. The van der Waals surface area contributed by atoms with Gasteiger partial charge in [-0.25, -0.2) is 4.98 Å². The summed E-state index contributed by atoms with van der Waals surface area (Å²) >= 11 is 1.62. The molecule has 1 aromatic rings. The average molecular weight is 323 g/mol. The van der Waals surface area contributed by atoms with Crippen LogP contribution in [0.1, 0.15) is 0 Å². The molecule has 5 heteroatoms. The highest BCUT2D eigenvalue weighted by atomic mass is 79.9. The summed E-state index contributed by atoms with van der Waals surface area (Å²) in [6.45, 7) is 0. The van der Waals surface area contributed by atoms with E-state index in [1.165, 1.54) is 0 Å². The van der Waals surface area contributed by atoms with Crippen molar-refractivity contribution in [3.8, 4) is 10.6 Å². The van der Waals surface area contributed by atoms with Gasteiger partial charge in [0.25, 0.3) is 0 Å². The van der Waals surface area contributed by atoms with Gasteiger partial charge in [-0.15, -0.1) is 11.3 Å². The van der Waals surface area contributed by atoms with Gasteiger partial charge in [-0.05, 0) is 18.2 Å². The number of rotatable bonds is 1. The predicted octanol–water partition coefficient (Wildman–Crippen LogP) is -0.774. The van der Waals surface area contributed by atoms with Crippen LogP contribution < -0.4 is 32.7 Å².